The molecule has 34 heavy (non-hydrogen) atoms. The lowest BCUT2D eigenvalue weighted by Gasteiger charge is -2.42. The first kappa shape index (κ1) is 20.7. The molecule has 4 heteroatoms. The summed E-state index contributed by atoms with van der Waals surface area (Å²) in [7, 11) is 0. The van der Waals surface area contributed by atoms with Gasteiger partial charge in [0.15, 0.2) is 0 Å². The molecule has 6 atom stereocenters. The number of benzene rings is 3. The van der Waals surface area contributed by atoms with Crippen molar-refractivity contribution in [2.24, 2.45) is 11.8 Å². The van der Waals surface area contributed by atoms with Crippen LogP contribution in [-0.4, -0.2) is 0 Å². The fourth-order valence-electron chi connectivity index (χ4n) is 6.74. The maximum absolute atomic E-state index is 6.37. The fourth-order valence-corrected chi connectivity index (χ4v) is 7.14. The largest absolute Gasteiger partial charge is 0.378 e. The van der Waals surface area contributed by atoms with Gasteiger partial charge in [0.1, 0.15) is 0 Å². The standard InChI is InChI=1S/C30H26Cl2N2/c31-19-7-1-5-17(13-19)29-23-11-3-9-21(23)25-16-28-26(15-27(25)33-29)22-10-4-12-24(22)30(34-28)18-6-2-8-20(32)14-18/h1-10,13-16,21-24,29-30,33-34H,11-12H2/t21-,22-,23+,24+,29+,30+/m0/s1. The molecule has 0 spiro atoms. The summed E-state index contributed by atoms with van der Waals surface area (Å²) in [5, 5.41) is 9.45. The van der Waals surface area contributed by atoms with E-state index >= 15 is 0 Å². The molecule has 3 aromatic rings. The SMILES string of the molecule is Clc1cccc([C@H]2Nc3cc4c(cc3[C@H]3C=CC[C@H]32)N[C@H](c2cccc(Cl)c2)[C@@H]2CC=C[C@H]42)c1. The van der Waals surface area contributed by atoms with Gasteiger partial charge >= 0.3 is 0 Å². The van der Waals surface area contributed by atoms with Gasteiger partial charge in [-0.1, -0.05) is 71.8 Å². The first-order valence-corrected chi connectivity index (χ1v) is 13.0. The van der Waals surface area contributed by atoms with Crippen molar-refractivity contribution in [3.8, 4) is 0 Å². The lowest BCUT2D eigenvalue weighted by atomic mass is 9.73. The Morgan fingerprint density at radius 3 is 1.53 bits per heavy atom. The Morgan fingerprint density at radius 2 is 1.09 bits per heavy atom. The summed E-state index contributed by atoms with van der Waals surface area (Å²) in [5.74, 6) is 1.81. The highest BCUT2D eigenvalue weighted by Gasteiger charge is 2.42. The van der Waals surface area contributed by atoms with E-state index in [0.29, 0.717) is 23.7 Å². The van der Waals surface area contributed by atoms with E-state index in [-0.39, 0.29) is 12.1 Å². The topological polar surface area (TPSA) is 24.1 Å². The van der Waals surface area contributed by atoms with Crippen LogP contribution in [-0.2, 0) is 0 Å². The van der Waals surface area contributed by atoms with Gasteiger partial charge in [0.05, 0.1) is 12.1 Å². The van der Waals surface area contributed by atoms with Gasteiger partial charge in [-0.05, 0) is 83.3 Å². The van der Waals surface area contributed by atoms with Crippen molar-refractivity contribution in [1.82, 2.24) is 0 Å². The van der Waals surface area contributed by atoms with Gasteiger partial charge in [-0.3, -0.25) is 0 Å². The maximum Gasteiger partial charge on any atom is 0.0554 e. The Bertz CT molecular complexity index is 1240. The summed E-state index contributed by atoms with van der Waals surface area (Å²) in [5.41, 5.74) is 7.86. The van der Waals surface area contributed by atoms with Crippen LogP contribution in [0.15, 0.2) is 85.0 Å². The van der Waals surface area contributed by atoms with E-state index in [9.17, 15) is 0 Å². The summed E-state index contributed by atoms with van der Waals surface area (Å²) in [6.07, 6.45) is 11.7. The number of allylic oxidation sites excluding steroid dienone is 4. The minimum atomic E-state index is 0.259. The number of hydrogen-bond donors (Lipinski definition) is 2. The predicted molar refractivity (Wildman–Crippen MR) is 142 cm³/mol. The third-order valence-electron chi connectivity index (χ3n) is 8.26. The van der Waals surface area contributed by atoms with Gasteiger partial charge in [0.2, 0.25) is 0 Å². The normalized spacial score (nSPS) is 30.1. The van der Waals surface area contributed by atoms with Crippen molar-refractivity contribution in [1.29, 1.82) is 0 Å². The van der Waals surface area contributed by atoms with Crippen molar-refractivity contribution in [2.45, 2.75) is 36.8 Å². The average molecular weight is 485 g/mol. The van der Waals surface area contributed by atoms with Crippen LogP contribution in [0.4, 0.5) is 11.4 Å². The van der Waals surface area contributed by atoms with Crippen molar-refractivity contribution in [2.75, 3.05) is 10.6 Å². The summed E-state index contributed by atoms with van der Waals surface area (Å²) in [4.78, 5) is 0. The van der Waals surface area contributed by atoms with Crippen LogP contribution in [0.1, 0.15) is 59.0 Å². The molecular weight excluding hydrogens is 459 g/mol. The molecule has 0 saturated heterocycles. The van der Waals surface area contributed by atoms with Crippen LogP contribution in [0.2, 0.25) is 10.0 Å². The zero-order valence-corrected chi connectivity index (χ0v) is 20.2. The first-order chi connectivity index (χ1) is 16.7. The summed E-state index contributed by atoms with van der Waals surface area (Å²) in [6.45, 7) is 0. The van der Waals surface area contributed by atoms with E-state index in [1.807, 2.05) is 12.1 Å². The minimum Gasteiger partial charge on any atom is -0.378 e. The molecule has 0 amide bonds. The quantitative estimate of drug-likeness (QED) is 0.355. The molecule has 0 radical (unpaired) electrons. The highest BCUT2D eigenvalue weighted by atomic mass is 35.5. The molecule has 0 bridgehead atoms. The zero-order chi connectivity index (χ0) is 22.8. The molecular formula is C30H26Cl2N2. The van der Waals surface area contributed by atoms with E-state index in [1.165, 1.54) is 33.6 Å². The van der Waals surface area contributed by atoms with Gasteiger partial charge in [-0.15, -0.1) is 0 Å². The molecule has 2 nitrogen and oxygen atoms in total. The third-order valence-corrected chi connectivity index (χ3v) is 8.73. The smallest absolute Gasteiger partial charge is 0.0554 e. The highest BCUT2D eigenvalue weighted by molar-refractivity contribution is 6.30. The fraction of sp³-hybridized carbons (Fsp3) is 0.267. The van der Waals surface area contributed by atoms with Gasteiger partial charge < -0.3 is 10.6 Å². The van der Waals surface area contributed by atoms with Crippen LogP contribution in [0.3, 0.4) is 0 Å². The van der Waals surface area contributed by atoms with Crippen LogP contribution in [0.25, 0.3) is 0 Å². The van der Waals surface area contributed by atoms with Crippen molar-refractivity contribution < 1.29 is 0 Å². The van der Waals surface area contributed by atoms with E-state index in [4.69, 9.17) is 23.2 Å². The van der Waals surface area contributed by atoms with Crippen LogP contribution < -0.4 is 10.6 Å². The molecule has 0 fully saturated rings. The summed E-state index contributed by atoms with van der Waals surface area (Å²) in [6, 6.07) is 22.0. The average Bonchev–Trinajstić information content (AvgIpc) is 3.52. The van der Waals surface area contributed by atoms with Crippen LogP contribution >= 0.6 is 23.2 Å². The lowest BCUT2D eigenvalue weighted by Crippen LogP contribution is -2.32. The lowest BCUT2D eigenvalue weighted by molar-refractivity contribution is 0.417. The first-order valence-electron chi connectivity index (χ1n) is 12.2. The molecule has 2 aliphatic heterocycles. The molecule has 0 saturated carbocycles. The summed E-state index contributed by atoms with van der Waals surface area (Å²) >= 11 is 12.7. The van der Waals surface area contributed by atoms with E-state index < -0.39 is 0 Å². The highest BCUT2D eigenvalue weighted by Crippen LogP contribution is 2.55. The van der Waals surface area contributed by atoms with Gasteiger partial charge in [0.25, 0.3) is 0 Å². The Labute approximate surface area is 210 Å². The van der Waals surface area contributed by atoms with Gasteiger partial charge in [-0.2, -0.15) is 0 Å². The predicted octanol–water partition coefficient (Wildman–Crippen LogP) is 8.65. The zero-order valence-electron chi connectivity index (χ0n) is 18.7. The molecule has 7 rings (SSSR count). The monoisotopic (exact) mass is 484 g/mol. The Morgan fingerprint density at radius 1 is 0.618 bits per heavy atom. The van der Waals surface area contributed by atoms with Crippen LogP contribution in [0.5, 0.6) is 0 Å². The van der Waals surface area contributed by atoms with Gasteiger partial charge in [0, 0.05) is 33.3 Å². The number of nitrogens with one attached hydrogen (secondary N) is 2. The maximum atomic E-state index is 6.37. The van der Waals surface area contributed by atoms with E-state index in [2.05, 4.69) is 83.5 Å². The number of halogens is 2. The second kappa shape index (κ2) is 7.93. The summed E-state index contributed by atoms with van der Waals surface area (Å²) < 4.78 is 0. The molecule has 2 N–H and O–H groups in total. The van der Waals surface area contributed by atoms with Crippen molar-refractivity contribution in [3.05, 3.63) is 117 Å². The van der Waals surface area contributed by atoms with E-state index in [1.54, 1.807) is 0 Å². The molecule has 2 aliphatic carbocycles. The Hall–Kier alpha value is -2.68. The molecule has 2 heterocycles. The molecule has 0 aromatic heterocycles. The number of anilines is 2. The second-order valence-corrected chi connectivity index (χ2v) is 11.0. The van der Waals surface area contributed by atoms with E-state index in [0.717, 1.165) is 22.9 Å². The molecule has 0 unspecified atom stereocenters. The Kier molecular flexibility index (Phi) is 4.82. The Balaban J connectivity index is 1.32. The number of hydrogen-bond acceptors (Lipinski definition) is 2. The molecule has 3 aromatic carbocycles. The van der Waals surface area contributed by atoms with Gasteiger partial charge in [-0.25, -0.2) is 0 Å². The molecule has 4 aliphatic rings. The molecule has 170 valence electrons. The number of fused-ring (bicyclic) bond motifs is 6. The minimum absolute atomic E-state index is 0.259. The van der Waals surface area contributed by atoms with Crippen molar-refractivity contribution in [3.63, 3.8) is 0 Å². The van der Waals surface area contributed by atoms with Crippen molar-refractivity contribution >= 4 is 34.6 Å². The van der Waals surface area contributed by atoms with Crippen LogP contribution in [0, 0.1) is 11.8 Å². The third kappa shape index (κ3) is 3.23. The number of rotatable bonds is 2. The second-order valence-electron chi connectivity index (χ2n) is 10.1.